The maximum atomic E-state index is 13.0. The van der Waals surface area contributed by atoms with Crippen molar-refractivity contribution in [1.82, 2.24) is 15.1 Å². The third-order valence-electron chi connectivity index (χ3n) is 2.87. The first kappa shape index (κ1) is 13.5. The standard InChI is InChI=1S/C14H10ClFN4O/c15-11-6-10(16)3-1-8(11)5-13-19-14(21-20-13)9-2-4-12(17)18-7-9/h1-4,6-7H,5H2,(H2,17,18). The number of nitrogens with two attached hydrogens (primary N) is 1. The second-order valence-electron chi connectivity index (χ2n) is 4.40. The lowest BCUT2D eigenvalue weighted by Crippen LogP contribution is -1.93. The molecule has 3 aromatic rings. The van der Waals surface area contributed by atoms with Crippen LogP contribution in [0.4, 0.5) is 10.2 Å². The molecule has 3 rings (SSSR count). The van der Waals surface area contributed by atoms with Gasteiger partial charge in [0.1, 0.15) is 11.6 Å². The quantitative estimate of drug-likeness (QED) is 0.804. The Bertz CT molecular complexity index is 773. The van der Waals surface area contributed by atoms with Gasteiger partial charge in [-0.2, -0.15) is 4.98 Å². The first-order chi connectivity index (χ1) is 10.1. The molecule has 2 N–H and O–H groups in total. The number of nitrogens with zero attached hydrogens (tertiary/aromatic N) is 3. The Balaban J connectivity index is 1.83. The molecule has 2 aromatic heterocycles. The van der Waals surface area contributed by atoms with E-state index >= 15 is 0 Å². The summed E-state index contributed by atoms with van der Waals surface area (Å²) in [4.78, 5) is 8.22. The van der Waals surface area contributed by atoms with Gasteiger partial charge in [0.15, 0.2) is 5.82 Å². The van der Waals surface area contributed by atoms with E-state index in [0.29, 0.717) is 34.5 Å². The zero-order valence-corrected chi connectivity index (χ0v) is 11.5. The van der Waals surface area contributed by atoms with Crippen molar-refractivity contribution >= 4 is 17.4 Å². The van der Waals surface area contributed by atoms with Crippen LogP contribution in [0.25, 0.3) is 11.5 Å². The summed E-state index contributed by atoms with van der Waals surface area (Å²) in [5.41, 5.74) is 6.92. The summed E-state index contributed by atoms with van der Waals surface area (Å²) >= 11 is 5.97. The number of pyridine rings is 1. The molecule has 106 valence electrons. The Kier molecular flexibility index (Phi) is 3.53. The molecular weight excluding hydrogens is 295 g/mol. The lowest BCUT2D eigenvalue weighted by Gasteiger charge is -2.00. The van der Waals surface area contributed by atoms with Crippen LogP contribution in [0.3, 0.4) is 0 Å². The molecule has 0 aliphatic heterocycles. The fraction of sp³-hybridized carbons (Fsp3) is 0.0714. The zero-order chi connectivity index (χ0) is 14.8. The van der Waals surface area contributed by atoms with Crippen LogP contribution in [0.1, 0.15) is 11.4 Å². The van der Waals surface area contributed by atoms with Crippen molar-refractivity contribution in [1.29, 1.82) is 0 Å². The number of rotatable bonds is 3. The number of nitrogen functional groups attached to an aromatic ring is 1. The third kappa shape index (κ3) is 3.00. The van der Waals surface area contributed by atoms with Gasteiger partial charge >= 0.3 is 0 Å². The van der Waals surface area contributed by atoms with E-state index in [0.717, 1.165) is 5.56 Å². The topological polar surface area (TPSA) is 77.8 Å². The average Bonchev–Trinajstić information content (AvgIpc) is 2.91. The van der Waals surface area contributed by atoms with E-state index < -0.39 is 0 Å². The monoisotopic (exact) mass is 304 g/mol. The average molecular weight is 305 g/mol. The van der Waals surface area contributed by atoms with Gasteiger partial charge in [0.25, 0.3) is 5.89 Å². The molecule has 7 heteroatoms. The van der Waals surface area contributed by atoms with E-state index in [1.54, 1.807) is 24.4 Å². The highest BCUT2D eigenvalue weighted by atomic mass is 35.5. The summed E-state index contributed by atoms with van der Waals surface area (Å²) in [5, 5.41) is 4.21. The summed E-state index contributed by atoms with van der Waals surface area (Å²) in [6, 6.07) is 7.58. The van der Waals surface area contributed by atoms with E-state index in [2.05, 4.69) is 15.1 Å². The van der Waals surface area contributed by atoms with Gasteiger partial charge in [-0.15, -0.1) is 0 Å². The fourth-order valence-electron chi connectivity index (χ4n) is 1.81. The summed E-state index contributed by atoms with van der Waals surface area (Å²) in [5.74, 6) is 0.827. The van der Waals surface area contributed by atoms with E-state index in [1.165, 1.54) is 12.1 Å². The van der Waals surface area contributed by atoms with Crippen molar-refractivity contribution in [3.05, 3.63) is 58.8 Å². The van der Waals surface area contributed by atoms with Crippen LogP contribution in [0.15, 0.2) is 41.1 Å². The molecule has 0 amide bonds. The predicted molar refractivity (Wildman–Crippen MR) is 76.2 cm³/mol. The number of aromatic nitrogens is 3. The highest BCUT2D eigenvalue weighted by Crippen LogP contribution is 2.21. The largest absolute Gasteiger partial charge is 0.384 e. The molecule has 2 heterocycles. The van der Waals surface area contributed by atoms with Gasteiger partial charge in [0.2, 0.25) is 0 Å². The Morgan fingerprint density at radius 1 is 1.24 bits per heavy atom. The van der Waals surface area contributed by atoms with Gasteiger partial charge in [-0.05, 0) is 29.8 Å². The van der Waals surface area contributed by atoms with Crippen molar-refractivity contribution < 1.29 is 8.91 Å². The SMILES string of the molecule is Nc1ccc(-c2nc(Cc3ccc(F)cc3Cl)no2)cn1. The molecule has 5 nitrogen and oxygen atoms in total. The molecule has 0 bridgehead atoms. The van der Waals surface area contributed by atoms with Crippen molar-refractivity contribution in [2.75, 3.05) is 5.73 Å². The molecule has 1 aromatic carbocycles. The molecule has 21 heavy (non-hydrogen) atoms. The summed E-state index contributed by atoms with van der Waals surface area (Å²) in [6.07, 6.45) is 1.91. The van der Waals surface area contributed by atoms with Crippen LogP contribution in [0.2, 0.25) is 5.02 Å². The van der Waals surface area contributed by atoms with Crippen molar-refractivity contribution in [2.45, 2.75) is 6.42 Å². The van der Waals surface area contributed by atoms with Crippen molar-refractivity contribution in [3.8, 4) is 11.5 Å². The Hall–Kier alpha value is -2.47. The van der Waals surface area contributed by atoms with E-state index in [-0.39, 0.29) is 5.82 Å². The lowest BCUT2D eigenvalue weighted by atomic mass is 10.1. The smallest absolute Gasteiger partial charge is 0.259 e. The minimum Gasteiger partial charge on any atom is -0.384 e. The summed E-state index contributed by atoms with van der Waals surface area (Å²) in [6.45, 7) is 0. The molecule has 0 fully saturated rings. The van der Waals surface area contributed by atoms with E-state index in [1.807, 2.05) is 0 Å². The minimum absolute atomic E-state index is 0.329. The zero-order valence-electron chi connectivity index (χ0n) is 10.8. The summed E-state index contributed by atoms with van der Waals surface area (Å²) < 4.78 is 18.2. The highest BCUT2D eigenvalue weighted by Gasteiger charge is 2.11. The van der Waals surface area contributed by atoms with Crippen LogP contribution in [0, 0.1) is 5.82 Å². The normalized spacial score (nSPS) is 10.8. The van der Waals surface area contributed by atoms with Crippen LogP contribution in [-0.2, 0) is 6.42 Å². The van der Waals surface area contributed by atoms with Crippen molar-refractivity contribution in [2.24, 2.45) is 0 Å². The Morgan fingerprint density at radius 2 is 2.10 bits per heavy atom. The number of anilines is 1. The number of benzene rings is 1. The lowest BCUT2D eigenvalue weighted by molar-refractivity contribution is 0.424. The number of hydrogen-bond acceptors (Lipinski definition) is 5. The van der Waals surface area contributed by atoms with E-state index in [4.69, 9.17) is 21.9 Å². The van der Waals surface area contributed by atoms with Crippen LogP contribution < -0.4 is 5.73 Å². The van der Waals surface area contributed by atoms with Crippen molar-refractivity contribution in [3.63, 3.8) is 0 Å². The van der Waals surface area contributed by atoms with Gasteiger partial charge in [0.05, 0.1) is 5.56 Å². The van der Waals surface area contributed by atoms with Gasteiger partial charge in [-0.3, -0.25) is 0 Å². The predicted octanol–water partition coefficient (Wildman–Crippen LogP) is 3.10. The number of hydrogen-bond donors (Lipinski definition) is 1. The van der Waals surface area contributed by atoms with Crippen LogP contribution in [-0.4, -0.2) is 15.1 Å². The van der Waals surface area contributed by atoms with Crippen LogP contribution in [0.5, 0.6) is 0 Å². The highest BCUT2D eigenvalue weighted by molar-refractivity contribution is 6.31. The minimum atomic E-state index is -0.384. The Labute approximate surface area is 124 Å². The molecule has 0 aliphatic rings. The molecule has 0 radical (unpaired) electrons. The molecule has 0 saturated heterocycles. The molecule has 0 spiro atoms. The molecule has 0 aliphatic carbocycles. The maximum Gasteiger partial charge on any atom is 0.259 e. The maximum absolute atomic E-state index is 13.0. The molecular formula is C14H10ClFN4O. The second kappa shape index (κ2) is 5.49. The van der Waals surface area contributed by atoms with Crippen LogP contribution >= 0.6 is 11.6 Å². The molecule has 0 unspecified atom stereocenters. The van der Waals surface area contributed by atoms with Gasteiger partial charge in [0, 0.05) is 17.6 Å². The second-order valence-corrected chi connectivity index (χ2v) is 4.81. The van der Waals surface area contributed by atoms with E-state index in [9.17, 15) is 4.39 Å². The van der Waals surface area contributed by atoms with Gasteiger partial charge < -0.3 is 10.3 Å². The number of halogens is 2. The molecule has 0 atom stereocenters. The Morgan fingerprint density at radius 3 is 2.81 bits per heavy atom. The fourth-order valence-corrected chi connectivity index (χ4v) is 2.04. The summed E-state index contributed by atoms with van der Waals surface area (Å²) in [7, 11) is 0. The van der Waals surface area contributed by atoms with Gasteiger partial charge in [-0.25, -0.2) is 9.37 Å². The first-order valence-electron chi connectivity index (χ1n) is 6.10. The molecule has 0 saturated carbocycles. The van der Waals surface area contributed by atoms with Gasteiger partial charge in [-0.1, -0.05) is 22.8 Å². The first-order valence-corrected chi connectivity index (χ1v) is 6.48. The third-order valence-corrected chi connectivity index (χ3v) is 3.22.